The van der Waals surface area contributed by atoms with E-state index in [4.69, 9.17) is 5.73 Å². The summed E-state index contributed by atoms with van der Waals surface area (Å²) in [5.41, 5.74) is 7.20. The number of para-hydroxylation sites is 1. The van der Waals surface area contributed by atoms with Gasteiger partial charge in [-0.2, -0.15) is 0 Å². The zero-order valence-electron chi connectivity index (χ0n) is 24.9. The highest BCUT2D eigenvalue weighted by molar-refractivity contribution is 7.12. The van der Waals surface area contributed by atoms with Crippen LogP contribution in [0.4, 0.5) is 0 Å². The van der Waals surface area contributed by atoms with Gasteiger partial charge in [0.15, 0.2) is 5.78 Å². The van der Waals surface area contributed by atoms with E-state index in [9.17, 15) is 24.3 Å². The van der Waals surface area contributed by atoms with E-state index in [0.29, 0.717) is 22.4 Å². The second-order valence-corrected chi connectivity index (χ2v) is 12.7. The molecule has 44 heavy (non-hydrogen) atoms. The Morgan fingerprint density at radius 2 is 1.73 bits per heavy atom. The Bertz CT molecular complexity index is 1630. The minimum Gasteiger partial charge on any atom is -0.392 e. The maximum absolute atomic E-state index is 13.7. The molecule has 0 bridgehead atoms. The summed E-state index contributed by atoms with van der Waals surface area (Å²) >= 11 is 1.28. The van der Waals surface area contributed by atoms with Gasteiger partial charge in [-0.3, -0.25) is 24.2 Å². The molecule has 3 heterocycles. The number of benzene rings is 1. The number of rotatable bonds is 13. The third-order valence-corrected chi connectivity index (χ3v) is 7.98. The second-order valence-electron chi connectivity index (χ2n) is 11.8. The van der Waals surface area contributed by atoms with Crippen molar-refractivity contribution >= 4 is 45.7 Å². The maximum atomic E-state index is 13.7. The van der Waals surface area contributed by atoms with Gasteiger partial charge in [0.25, 0.3) is 11.8 Å². The van der Waals surface area contributed by atoms with Crippen molar-refractivity contribution < 1.29 is 24.3 Å². The number of pyridine rings is 2. The van der Waals surface area contributed by atoms with Crippen molar-refractivity contribution in [3.05, 3.63) is 94.1 Å². The number of nitrogens with two attached hydrogens (primary N) is 1. The Morgan fingerprint density at radius 1 is 0.955 bits per heavy atom. The number of nitrogens with one attached hydrogen (secondary N) is 2. The standard InChI is InChI=1S/C33H37N5O5S/c1-33(2,3)38-32(43)30-22(12-14-44-30)16-27(39)23(15-20-7-6-13-35-19-20)17-28(40)26(18-29(34)41)37-31(42)25-11-10-21-8-4-5-9-24(21)36-25/h4-14,19,23,26-27,39H,15-18H2,1-3H3,(H2,34,41)(H,37,42)(H,38,43)/t23-,26-,27+/m0/s1. The number of Topliss-reactive ketones (excluding diaryl/α,β-unsaturated/α-hetero) is 1. The van der Waals surface area contributed by atoms with Crippen LogP contribution in [0.3, 0.4) is 0 Å². The summed E-state index contributed by atoms with van der Waals surface area (Å²) < 4.78 is 0. The molecule has 0 aliphatic carbocycles. The van der Waals surface area contributed by atoms with E-state index >= 15 is 0 Å². The Balaban J connectivity index is 1.54. The number of aromatic nitrogens is 2. The average Bonchev–Trinajstić information content (AvgIpc) is 3.44. The van der Waals surface area contributed by atoms with Crippen LogP contribution in [-0.4, -0.2) is 56.3 Å². The quantitative estimate of drug-likeness (QED) is 0.178. The number of ketones is 1. The average molecular weight is 616 g/mol. The van der Waals surface area contributed by atoms with Crippen LogP contribution in [0.5, 0.6) is 0 Å². The summed E-state index contributed by atoms with van der Waals surface area (Å²) in [6.07, 6.45) is 2.13. The molecule has 11 heteroatoms. The van der Waals surface area contributed by atoms with Crippen molar-refractivity contribution in [3.63, 3.8) is 0 Å². The summed E-state index contributed by atoms with van der Waals surface area (Å²) in [7, 11) is 0. The van der Waals surface area contributed by atoms with Gasteiger partial charge >= 0.3 is 0 Å². The first-order valence-corrected chi connectivity index (χ1v) is 15.2. The number of hydrogen-bond donors (Lipinski definition) is 4. The van der Waals surface area contributed by atoms with E-state index in [1.165, 1.54) is 11.3 Å². The normalized spacial score (nSPS) is 13.5. The van der Waals surface area contributed by atoms with Crippen LogP contribution in [0.2, 0.25) is 0 Å². The van der Waals surface area contributed by atoms with Crippen LogP contribution in [0.25, 0.3) is 10.9 Å². The van der Waals surface area contributed by atoms with Gasteiger partial charge in [-0.15, -0.1) is 11.3 Å². The van der Waals surface area contributed by atoms with Crippen LogP contribution in [0, 0.1) is 5.92 Å². The van der Waals surface area contributed by atoms with E-state index in [2.05, 4.69) is 20.6 Å². The molecule has 4 aromatic rings. The molecule has 0 saturated carbocycles. The van der Waals surface area contributed by atoms with Crippen LogP contribution in [0.1, 0.15) is 64.9 Å². The fourth-order valence-electron chi connectivity index (χ4n) is 4.92. The van der Waals surface area contributed by atoms with Crippen LogP contribution < -0.4 is 16.4 Å². The van der Waals surface area contributed by atoms with Gasteiger partial charge in [0.1, 0.15) is 5.69 Å². The third kappa shape index (κ3) is 9.01. The monoisotopic (exact) mass is 615 g/mol. The molecule has 10 nitrogen and oxygen atoms in total. The van der Waals surface area contributed by atoms with Gasteiger partial charge < -0.3 is 21.5 Å². The van der Waals surface area contributed by atoms with E-state index < -0.39 is 47.6 Å². The molecular weight excluding hydrogens is 578 g/mol. The molecule has 5 N–H and O–H groups in total. The first-order chi connectivity index (χ1) is 20.9. The van der Waals surface area contributed by atoms with Crippen molar-refractivity contribution in [2.24, 2.45) is 11.7 Å². The number of hydrogen-bond acceptors (Lipinski definition) is 8. The predicted octanol–water partition coefficient (Wildman–Crippen LogP) is 3.62. The van der Waals surface area contributed by atoms with Gasteiger partial charge in [-0.1, -0.05) is 30.3 Å². The van der Waals surface area contributed by atoms with Crippen molar-refractivity contribution in [1.82, 2.24) is 20.6 Å². The van der Waals surface area contributed by atoms with Crippen LogP contribution in [0.15, 0.2) is 72.4 Å². The molecule has 0 unspecified atom stereocenters. The number of nitrogens with zero attached hydrogens (tertiary/aromatic N) is 2. The highest BCUT2D eigenvalue weighted by Crippen LogP contribution is 2.25. The van der Waals surface area contributed by atoms with Gasteiger partial charge in [0.05, 0.1) is 29.0 Å². The molecule has 3 aromatic heterocycles. The number of carbonyl (C=O) groups is 4. The number of primary amides is 1. The summed E-state index contributed by atoms with van der Waals surface area (Å²) in [4.78, 5) is 60.7. The highest BCUT2D eigenvalue weighted by Gasteiger charge is 2.31. The molecule has 4 rings (SSSR count). The predicted molar refractivity (Wildman–Crippen MR) is 169 cm³/mol. The van der Waals surface area contributed by atoms with Crippen molar-refractivity contribution in [2.75, 3.05) is 0 Å². The molecular formula is C33H37N5O5S. The lowest BCUT2D eigenvalue weighted by Crippen LogP contribution is -2.45. The fraction of sp³-hybridized carbons (Fsp3) is 0.333. The molecule has 0 radical (unpaired) electrons. The molecule has 0 fully saturated rings. The number of carbonyl (C=O) groups excluding carboxylic acids is 4. The van der Waals surface area contributed by atoms with Gasteiger partial charge in [-0.05, 0) is 73.9 Å². The van der Waals surface area contributed by atoms with E-state index in [-0.39, 0.29) is 24.4 Å². The number of aliphatic hydroxyl groups excluding tert-OH is 1. The van der Waals surface area contributed by atoms with Crippen molar-refractivity contribution in [2.45, 2.75) is 64.1 Å². The summed E-state index contributed by atoms with van der Waals surface area (Å²) in [6.45, 7) is 5.67. The smallest absolute Gasteiger partial charge is 0.270 e. The van der Waals surface area contributed by atoms with E-state index in [1.807, 2.05) is 39.0 Å². The van der Waals surface area contributed by atoms with Gasteiger partial charge in [-0.25, -0.2) is 4.98 Å². The van der Waals surface area contributed by atoms with Crippen molar-refractivity contribution in [1.29, 1.82) is 0 Å². The molecule has 230 valence electrons. The minimum atomic E-state index is -1.22. The summed E-state index contributed by atoms with van der Waals surface area (Å²) in [5.74, 6) is -2.68. The van der Waals surface area contributed by atoms with Crippen LogP contribution >= 0.6 is 11.3 Å². The number of amides is 3. The highest BCUT2D eigenvalue weighted by atomic mass is 32.1. The Morgan fingerprint density at radius 3 is 2.43 bits per heavy atom. The zero-order chi connectivity index (χ0) is 31.9. The molecule has 3 atom stereocenters. The summed E-state index contributed by atoms with van der Waals surface area (Å²) in [6, 6.07) is 14.8. The topological polar surface area (TPSA) is 164 Å². The first-order valence-electron chi connectivity index (χ1n) is 14.3. The Hall–Kier alpha value is -4.48. The molecule has 0 aliphatic heterocycles. The molecule has 1 aromatic carbocycles. The zero-order valence-corrected chi connectivity index (χ0v) is 25.8. The summed E-state index contributed by atoms with van der Waals surface area (Å²) in [5, 5.41) is 19.7. The van der Waals surface area contributed by atoms with Gasteiger partial charge in [0.2, 0.25) is 5.91 Å². The second kappa shape index (κ2) is 14.3. The largest absolute Gasteiger partial charge is 0.392 e. The number of aliphatic hydroxyl groups is 1. The minimum absolute atomic E-state index is 0.0939. The van der Waals surface area contributed by atoms with Crippen LogP contribution in [-0.2, 0) is 22.4 Å². The molecule has 0 spiro atoms. The third-order valence-electron chi connectivity index (χ3n) is 7.03. The molecule has 3 amide bonds. The first kappa shape index (κ1) is 32.4. The number of fused-ring (bicyclic) bond motifs is 1. The lowest BCUT2D eigenvalue weighted by atomic mass is 9.85. The lowest BCUT2D eigenvalue weighted by Gasteiger charge is -2.25. The fourth-order valence-corrected chi connectivity index (χ4v) is 5.75. The van der Waals surface area contributed by atoms with E-state index in [1.54, 1.807) is 54.2 Å². The van der Waals surface area contributed by atoms with Crippen molar-refractivity contribution in [3.8, 4) is 0 Å². The molecule has 0 aliphatic rings. The molecule has 0 saturated heterocycles. The maximum Gasteiger partial charge on any atom is 0.270 e. The van der Waals surface area contributed by atoms with E-state index in [0.717, 1.165) is 10.9 Å². The SMILES string of the molecule is CC(C)(C)NC(=O)c1sccc1C[C@@H](O)[C@H](CC(=O)[C@H](CC(N)=O)NC(=O)c1ccc2ccccc2n1)Cc1cccnc1. The number of thiophene rings is 1. The Labute approximate surface area is 260 Å². The Kier molecular flexibility index (Phi) is 10.6. The lowest BCUT2D eigenvalue weighted by molar-refractivity contribution is -0.126. The van der Waals surface area contributed by atoms with Gasteiger partial charge in [0, 0.05) is 36.2 Å².